The van der Waals surface area contributed by atoms with Crippen LogP contribution in [0.25, 0.3) is 0 Å². The number of hydrogen-bond donors (Lipinski definition) is 1. The van der Waals surface area contributed by atoms with Gasteiger partial charge in [0.2, 0.25) is 0 Å². The van der Waals surface area contributed by atoms with Gasteiger partial charge >= 0.3 is 0 Å². The molecular formula is C16H27NO2. The van der Waals surface area contributed by atoms with Crippen molar-refractivity contribution in [2.45, 2.75) is 47.0 Å². The third-order valence-corrected chi connectivity index (χ3v) is 2.78. The third kappa shape index (κ3) is 6.85. The zero-order valence-electron chi connectivity index (χ0n) is 12.8. The molecule has 1 amide bonds. The number of likely N-dealkylation sites (N-methyl/N-ethyl adjacent to an activating group) is 1. The molecule has 1 aromatic rings. The van der Waals surface area contributed by atoms with Crippen molar-refractivity contribution < 1.29 is 9.53 Å². The summed E-state index contributed by atoms with van der Waals surface area (Å²) in [5, 5.41) is 2.70. The molecule has 0 fully saturated rings. The number of nitrogens with one attached hydrogen (secondary N) is 1. The second kappa shape index (κ2) is 10.4. The van der Waals surface area contributed by atoms with E-state index >= 15 is 0 Å². The minimum Gasteiger partial charge on any atom is -0.484 e. The molecule has 108 valence electrons. The van der Waals surface area contributed by atoms with Crippen molar-refractivity contribution in [2.24, 2.45) is 0 Å². The highest BCUT2D eigenvalue weighted by Gasteiger charge is 2.05. The fourth-order valence-corrected chi connectivity index (χ4v) is 1.54. The van der Waals surface area contributed by atoms with Crippen LogP contribution in [0, 0.1) is 0 Å². The molecule has 0 saturated carbocycles. The zero-order valence-corrected chi connectivity index (χ0v) is 12.8. The van der Waals surface area contributed by atoms with E-state index in [9.17, 15) is 4.79 Å². The van der Waals surface area contributed by atoms with Crippen molar-refractivity contribution >= 4 is 5.91 Å². The van der Waals surface area contributed by atoms with Gasteiger partial charge in [-0.2, -0.15) is 0 Å². The number of benzene rings is 1. The minimum absolute atomic E-state index is 0.0812. The van der Waals surface area contributed by atoms with Crippen LogP contribution in [0.2, 0.25) is 0 Å². The molecule has 3 heteroatoms. The first-order valence-corrected chi connectivity index (χ1v) is 7.16. The summed E-state index contributed by atoms with van der Waals surface area (Å²) in [4.78, 5) is 11.3. The van der Waals surface area contributed by atoms with Gasteiger partial charge in [-0.3, -0.25) is 4.79 Å². The molecule has 1 atom stereocenters. The van der Waals surface area contributed by atoms with E-state index < -0.39 is 0 Å². The number of hydrogen-bond acceptors (Lipinski definition) is 2. The molecule has 3 nitrogen and oxygen atoms in total. The first kappa shape index (κ1) is 17.5. The van der Waals surface area contributed by atoms with Crippen molar-refractivity contribution in [2.75, 3.05) is 13.2 Å². The molecule has 0 aliphatic heterocycles. The molecule has 0 aliphatic rings. The Morgan fingerprint density at radius 2 is 2.00 bits per heavy atom. The van der Waals surface area contributed by atoms with E-state index in [4.69, 9.17) is 4.74 Å². The Kier molecular flexibility index (Phi) is 9.59. The van der Waals surface area contributed by atoms with E-state index in [0.29, 0.717) is 12.5 Å². The zero-order chi connectivity index (χ0) is 14.7. The lowest BCUT2D eigenvalue weighted by Gasteiger charge is -2.11. The summed E-state index contributed by atoms with van der Waals surface area (Å²) in [5.74, 6) is 1.19. The van der Waals surface area contributed by atoms with Gasteiger partial charge in [0.05, 0.1) is 0 Å². The van der Waals surface area contributed by atoms with E-state index in [2.05, 4.69) is 25.2 Å². The van der Waals surface area contributed by atoms with Gasteiger partial charge < -0.3 is 10.1 Å². The molecule has 0 bridgehead atoms. The van der Waals surface area contributed by atoms with Crippen LogP contribution in [0.5, 0.6) is 5.75 Å². The van der Waals surface area contributed by atoms with E-state index in [0.717, 1.165) is 12.2 Å². The summed E-state index contributed by atoms with van der Waals surface area (Å²) < 4.78 is 5.44. The van der Waals surface area contributed by atoms with Crippen LogP contribution >= 0.6 is 0 Å². The Bertz CT molecular complexity index is 364. The van der Waals surface area contributed by atoms with E-state index in [1.165, 1.54) is 5.56 Å². The topological polar surface area (TPSA) is 38.3 Å². The van der Waals surface area contributed by atoms with Crippen molar-refractivity contribution in [3.8, 4) is 5.75 Å². The molecule has 1 unspecified atom stereocenters. The van der Waals surface area contributed by atoms with Gasteiger partial charge in [0.25, 0.3) is 5.91 Å². The van der Waals surface area contributed by atoms with E-state index in [1.807, 2.05) is 39.0 Å². The molecule has 1 N–H and O–H groups in total. The molecule has 0 aromatic heterocycles. The average Bonchev–Trinajstić information content (AvgIpc) is 2.47. The first-order chi connectivity index (χ1) is 9.17. The number of rotatable bonds is 6. The van der Waals surface area contributed by atoms with Crippen LogP contribution in [0.4, 0.5) is 0 Å². The number of amides is 1. The molecule has 19 heavy (non-hydrogen) atoms. The molecule has 1 aromatic carbocycles. The monoisotopic (exact) mass is 265 g/mol. The standard InChI is InChI=1S/C14H21NO2.C2H6/c1-4-11(3)12-7-6-8-13(9-12)17-10-14(16)15-5-2;1-2/h6-9,11H,4-5,10H2,1-3H3,(H,15,16);1-2H3. The van der Waals surface area contributed by atoms with Gasteiger partial charge in [-0.25, -0.2) is 0 Å². The first-order valence-electron chi connectivity index (χ1n) is 7.16. The SMILES string of the molecule is CC.CCNC(=O)COc1cccc(C(C)CC)c1. The van der Waals surface area contributed by atoms with Crippen molar-refractivity contribution in [1.29, 1.82) is 0 Å². The maximum Gasteiger partial charge on any atom is 0.257 e. The van der Waals surface area contributed by atoms with Gasteiger partial charge in [-0.15, -0.1) is 0 Å². The van der Waals surface area contributed by atoms with E-state index in [1.54, 1.807) is 0 Å². The lowest BCUT2D eigenvalue weighted by Crippen LogP contribution is -2.28. The van der Waals surface area contributed by atoms with Crippen molar-refractivity contribution in [3.63, 3.8) is 0 Å². The highest BCUT2D eigenvalue weighted by atomic mass is 16.5. The molecule has 0 saturated heterocycles. The predicted octanol–water partition coefficient (Wildman–Crippen LogP) is 3.74. The Labute approximate surface area is 117 Å². The van der Waals surface area contributed by atoms with Crippen LogP contribution in [0.1, 0.15) is 52.5 Å². The smallest absolute Gasteiger partial charge is 0.257 e. The highest BCUT2D eigenvalue weighted by Crippen LogP contribution is 2.22. The fraction of sp³-hybridized carbons (Fsp3) is 0.562. The minimum atomic E-state index is -0.0820. The Hall–Kier alpha value is -1.51. The number of carbonyl (C=O) groups is 1. The molecular weight excluding hydrogens is 238 g/mol. The summed E-state index contributed by atoms with van der Waals surface area (Å²) in [6.45, 7) is 10.9. The predicted molar refractivity (Wildman–Crippen MR) is 80.7 cm³/mol. The molecule has 0 radical (unpaired) electrons. The number of ether oxygens (including phenoxy) is 1. The fourth-order valence-electron chi connectivity index (χ4n) is 1.54. The van der Waals surface area contributed by atoms with Crippen molar-refractivity contribution in [1.82, 2.24) is 5.32 Å². The van der Waals surface area contributed by atoms with Crippen LogP contribution in [-0.2, 0) is 4.79 Å². The lowest BCUT2D eigenvalue weighted by molar-refractivity contribution is -0.122. The Morgan fingerprint density at radius 1 is 1.32 bits per heavy atom. The van der Waals surface area contributed by atoms with Crippen LogP contribution in [0.15, 0.2) is 24.3 Å². The van der Waals surface area contributed by atoms with Crippen LogP contribution in [-0.4, -0.2) is 19.1 Å². The second-order valence-corrected chi connectivity index (χ2v) is 4.12. The van der Waals surface area contributed by atoms with Gasteiger partial charge in [-0.05, 0) is 37.0 Å². The quantitative estimate of drug-likeness (QED) is 0.851. The second-order valence-electron chi connectivity index (χ2n) is 4.12. The Morgan fingerprint density at radius 3 is 2.58 bits per heavy atom. The summed E-state index contributed by atoms with van der Waals surface area (Å²) in [6, 6.07) is 7.94. The summed E-state index contributed by atoms with van der Waals surface area (Å²) >= 11 is 0. The number of carbonyl (C=O) groups excluding carboxylic acids is 1. The van der Waals surface area contributed by atoms with E-state index in [-0.39, 0.29) is 12.5 Å². The molecule has 0 spiro atoms. The molecule has 0 aliphatic carbocycles. The van der Waals surface area contributed by atoms with Gasteiger partial charge in [0.15, 0.2) is 6.61 Å². The maximum atomic E-state index is 11.3. The average molecular weight is 265 g/mol. The van der Waals surface area contributed by atoms with Crippen LogP contribution < -0.4 is 10.1 Å². The van der Waals surface area contributed by atoms with Crippen molar-refractivity contribution in [3.05, 3.63) is 29.8 Å². The van der Waals surface area contributed by atoms with Gasteiger partial charge in [0, 0.05) is 6.54 Å². The van der Waals surface area contributed by atoms with Crippen LogP contribution in [0.3, 0.4) is 0 Å². The lowest BCUT2D eigenvalue weighted by atomic mass is 9.99. The normalized spacial score (nSPS) is 11.0. The van der Waals surface area contributed by atoms with Gasteiger partial charge in [-0.1, -0.05) is 39.8 Å². The maximum absolute atomic E-state index is 11.3. The molecule has 0 heterocycles. The highest BCUT2D eigenvalue weighted by molar-refractivity contribution is 5.77. The largest absolute Gasteiger partial charge is 0.484 e. The summed E-state index contributed by atoms with van der Waals surface area (Å²) in [5.41, 5.74) is 1.25. The summed E-state index contributed by atoms with van der Waals surface area (Å²) in [6.07, 6.45) is 1.10. The third-order valence-electron chi connectivity index (χ3n) is 2.78. The van der Waals surface area contributed by atoms with Gasteiger partial charge in [0.1, 0.15) is 5.75 Å². The Balaban J connectivity index is 0.00000154. The summed E-state index contributed by atoms with van der Waals surface area (Å²) in [7, 11) is 0. The molecule has 1 rings (SSSR count).